The first-order chi connectivity index (χ1) is 13.7. The third kappa shape index (κ3) is 5.22. The smallest absolute Gasteiger partial charge is 0.353 e. The molecule has 1 aromatic heterocycles. The van der Waals surface area contributed by atoms with Crippen LogP contribution in [-0.4, -0.2) is 61.1 Å². The van der Waals surface area contributed by atoms with Crippen molar-refractivity contribution in [3.63, 3.8) is 0 Å². The number of halogens is 3. The molecular weight excluding hydrogens is 409 g/mol. The number of hydrogen-bond donors (Lipinski definition) is 0. The Balaban J connectivity index is 1.55. The molecule has 0 N–H and O–H groups in total. The van der Waals surface area contributed by atoms with E-state index in [0.29, 0.717) is 13.1 Å². The molecule has 11 heteroatoms. The zero-order valence-corrected chi connectivity index (χ0v) is 16.2. The summed E-state index contributed by atoms with van der Waals surface area (Å²) in [5.41, 5.74) is -1.02. The molecule has 7 nitrogen and oxygen atoms in total. The molecule has 1 aliphatic rings. The SMILES string of the molecule is O=C(CCS(=O)(=O)c1ccccc1)N1CCN(c2cc(C(F)(F)F)ncn2)CC1. The van der Waals surface area contributed by atoms with Crippen LogP contribution in [0.1, 0.15) is 12.1 Å². The van der Waals surface area contributed by atoms with Crippen LogP contribution in [-0.2, 0) is 20.8 Å². The van der Waals surface area contributed by atoms with Gasteiger partial charge >= 0.3 is 6.18 Å². The monoisotopic (exact) mass is 428 g/mol. The molecule has 1 amide bonds. The van der Waals surface area contributed by atoms with E-state index in [-0.39, 0.29) is 41.9 Å². The molecule has 2 aromatic rings. The van der Waals surface area contributed by atoms with Crippen LogP contribution >= 0.6 is 0 Å². The molecule has 0 spiro atoms. The minimum absolute atomic E-state index is 0.145. The van der Waals surface area contributed by atoms with Crippen LogP contribution in [0.25, 0.3) is 0 Å². The van der Waals surface area contributed by atoms with Crippen LogP contribution in [0, 0.1) is 0 Å². The Bertz CT molecular complexity index is 960. The summed E-state index contributed by atoms with van der Waals surface area (Å²) in [5, 5.41) is 0. The second kappa shape index (κ2) is 8.36. The normalized spacial score (nSPS) is 15.4. The van der Waals surface area contributed by atoms with Gasteiger partial charge in [-0.3, -0.25) is 4.79 Å². The number of anilines is 1. The predicted molar refractivity (Wildman–Crippen MR) is 98.9 cm³/mol. The van der Waals surface area contributed by atoms with E-state index in [9.17, 15) is 26.4 Å². The van der Waals surface area contributed by atoms with Gasteiger partial charge in [-0.1, -0.05) is 18.2 Å². The first-order valence-corrected chi connectivity index (χ1v) is 10.5. The fourth-order valence-corrected chi connectivity index (χ4v) is 4.24. The number of alkyl halides is 3. The highest BCUT2D eigenvalue weighted by atomic mass is 32.2. The van der Waals surface area contributed by atoms with Crippen molar-refractivity contribution in [2.75, 3.05) is 36.8 Å². The van der Waals surface area contributed by atoms with Gasteiger partial charge in [-0.2, -0.15) is 13.2 Å². The van der Waals surface area contributed by atoms with Gasteiger partial charge in [0.1, 0.15) is 17.8 Å². The van der Waals surface area contributed by atoms with Gasteiger partial charge in [-0.05, 0) is 12.1 Å². The highest BCUT2D eigenvalue weighted by Crippen LogP contribution is 2.29. The topological polar surface area (TPSA) is 83.5 Å². The van der Waals surface area contributed by atoms with Crippen molar-refractivity contribution in [3.8, 4) is 0 Å². The number of carbonyl (C=O) groups is 1. The number of rotatable bonds is 5. The van der Waals surface area contributed by atoms with Crippen LogP contribution in [0.4, 0.5) is 19.0 Å². The van der Waals surface area contributed by atoms with Gasteiger partial charge in [0.25, 0.3) is 0 Å². The van der Waals surface area contributed by atoms with Crippen LogP contribution in [0.15, 0.2) is 47.6 Å². The number of piperazine rings is 1. The van der Waals surface area contributed by atoms with Crippen LogP contribution in [0.3, 0.4) is 0 Å². The first-order valence-electron chi connectivity index (χ1n) is 8.86. The van der Waals surface area contributed by atoms with E-state index in [2.05, 4.69) is 9.97 Å². The summed E-state index contributed by atoms with van der Waals surface area (Å²) in [6.45, 7) is 1.14. The molecule has 0 unspecified atom stereocenters. The Labute approximate surface area is 166 Å². The van der Waals surface area contributed by atoms with Gasteiger partial charge in [0.15, 0.2) is 9.84 Å². The van der Waals surface area contributed by atoms with Crippen molar-refractivity contribution in [1.82, 2.24) is 14.9 Å². The van der Waals surface area contributed by atoms with E-state index >= 15 is 0 Å². The van der Waals surface area contributed by atoms with E-state index in [1.54, 1.807) is 23.1 Å². The lowest BCUT2D eigenvalue weighted by molar-refractivity contribution is -0.141. The van der Waals surface area contributed by atoms with Crippen LogP contribution < -0.4 is 4.90 Å². The number of carbonyl (C=O) groups excluding carboxylic acids is 1. The summed E-state index contributed by atoms with van der Waals surface area (Å²) < 4.78 is 63.0. The molecule has 29 heavy (non-hydrogen) atoms. The number of hydrogen-bond acceptors (Lipinski definition) is 6. The molecule has 0 bridgehead atoms. The summed E-state index contributed by atoms with van der Waals surface area (Å²) in [6, 6.07) is 8.78. The Hall–Kier alpha value is -2.69. The van der Waals surface area contributed by atoms with Gasteiger partial charge in [0.05, 0.1) is 10.6 Å². The number of nitrogens with zero attached hydrogens (tertiary/aromatic N) is 4. The van der Waals surface area contributed by atoms with E-state index in [4.69, 9.17) is 0 Å². The Morgan fingerprint density at radius 1 is 1.03 bits per heavy atom. The van der Waals surface area contributed by atoms with Gasteiger partial charge in [0.2, 0.25) is 5.91 Å². The number of sulfone groups is 1. The molecule has 1 saturated heterocycles. The summed E-state index contributed by atoms with van der Waals surface area (Å²) in [4.78, 5) is 22.8. The van der Waals surface area contributed by atoms with Gasteiger partial charge in [0, 0.05) is 38.7 Å². The van der Waals surface area contributed by atoms with E-state index in [1.165, 1.54) is 17.0 Å². The zero-order chi connectivity index (χ0) is 21.1. The fourth-order valence-electron chi connectivity index (χ4n) is 2.99. The van der Waals surface area contributed by atoms with Crippen molar-refractivity contribution in [2.45, 2.75) is 17.5 Å². The number of benzene rings is 1. The van der Waals surface area contributed by atoms with Crippen LogP contribution in [0.5, 0.6) is 0 Å². The third-order valence-electron chi connectivity index (χ3n) is 4.59. The molecule has 0 saturated carbocycles. The highest BCUT2D eigenvalue weighted by molar-refractivity contribution is 7.91. The number of aromatic nitrogens is 2. The molecule has 0 radical (unpaired) electrons. The lowest BCUT2D eigenvalue weighted by Crippen LogP contribution is -2.49. The second-order valence-electron chi connectivity index (χ2n) is 6.51. The quantitative estimate of drug-likeness (QED) is 0.725. The maximum absolute atomic E-state index is 12.8. The first kappa shape index (κ1) is 21.0. The van der Waals surface area contributed by atoms with E-state index in [1.807, 2.05) is 0 Å². The highest BCUT2D eigenvalue weighted by Gasteiger charge is 2.33. The van der Waals surface area contributed by atoms with Crippen molar-refractivity contribution in [2.24, 2.45) is 0 Å². The third-order valence-corrected chi connectivity index (χ3v) is 6.32. The summed E-state index contributed by atoms with van der Waals surface area (Å²) >= 11 is 0. The summed E-state index contributed by atoms with van der Waals surface area (Å²) in [7, 11) is -3.55. The molecule has 1 aliphatic heterocycles. The van der Waals surface area contributed by atoms with Crippen molar-refractivity contribution >= 4 is 21.6 Å². The molecule has 1 aromatic carbocycles. The second-order valence-corrected chi connectivity index (χ2v) is 8.62. The minimum atomic E-state index is -4.56. The largest absolute Gasteiger partial charge is 0.433 e. The van der Waals surface area contributed by atoms with Crippen molar-refractivity contribution in [1.29, 1.82) is 0 Å². The van der Waals surface area contributed by atoms with Crippen molar-refractivity contribution < 1.29 is 26.4 Å². The summed E-state index contributed by atoms with van der Waals surface area (Å²) in [6.07, 6.45) is -3.84. The van der Waals surface area contributed by atoms with Gasteiger partial charge in [-0.15, -0.1) is 0 Å². The van der Waals surface area contributed by atoms with Gasteiger partial charge < -0.3 is 9.80 Å². The van der Waals surface area contributed by atoms with Crippen LogP contribution in [0.2, 0.25) is 0 Å². The summed E-state index contributed by atoms with van der Waals surface area (Å²) in [5.74, 6) is -0.453. The zero-order valence-electron chi connectivity index (χ0n) is 15.3. The maximum atomic E-state index is 12.8. The molecule has 0 aliphatic carbocycles. The van der Waals surface area contributed by atoms with E-state index < -0.39 is 21.7 Å². The molecule has 2 heterocycles. The Kier molecular flexibility index (Phi) is 6.06. The predicted octanol–water partition coefficient (Wildman–Crippen LogP) is 2.01. The average molecular weight is 428 g/mol. The molecular formula is C18H19F3N4O3S. The molecule has 156 valence electrons. The maximum Gasteiger partial charge on any atom is 0.433 e. The lowest BCUT2D eigenvalue weighted by Gasteiger charge is -2.35. The van der Waals surface area contributed by atoms with E-state index in [0.717, 1.165) is 12.4 Å². The molecule has 0 atom stereocenters. The standard InChI is InChI=1S/C18H19F3N4O3S/c19-18(20,21)15-12-16(23-13-22-15)24-7-9-25(10-8-24)17(26)6-11-29(27,28)14-4-2-1-3-5-14/h1-5,12-13H,6-11H2. The van der Waals surface area contributed by atoms with Gasteiger partial charge in [-0.25, -0.2) is 18.4 Å². The number of amides is 1. The Morgan fingerprint density at radius 2 is 1.69 bits per heavy atom. The van der Waals surface area contributed by atoms with Crippen molar-refractivity contribution in [3.05, 3.63) is 48.4 Å². The minimum Gasteiger partial charge on any atom is -0.353 e. The molecule has 1 fully saturated rings. The fraction of sp³-hybridized carbons (Fsp3) is 0.389. The lowest BCUT2D eigenvalue weighted by atomic mass is 10.2. The average Bonchev–Trinajstić information content (AvgIpc) is 2.72. The molecule has 3 rings (SSSR count). The Morgan fingerprint density at radius 3 is 2.31 bits per heavy atom.